The standard InChI is InChI=1S/C18H23BrN2O2/c1-13(22)20-18(9-3-2-4-10-18)17(23)21-11-5-6-14-12-15(19)7-8-16(14)21/h7-8,12H,2-6,9-11H2,1H3,(H,20,22). The van der Waals surface area contributed by atoms with Gasteiger partial charge in [0.2, 0.25) is 5.91 Å². The summed E-state index contributed by atoms with van der Waals surface area (Å²) in [5.41, 5.74) is 1.48. The molecule has 1 aliphatic carbocycles. The minimum absolute atomic E-state index is 0.0654. The fourth-order valence-electron chi connectivity index (χ4n) is 3.92. The normalized spacial score (nSPS) is 19.8. The number of carbonyl (C=O) groups excluding carboxylic acids is 2. The summed E-state index contributed by atoms with van der Waals surface area (Å²) in [5, 5.41) is 3.00. The molecule has 0 saturated heterocycles. The molecule has 0 bridgehead atoms. The molecule has 1 N–H and O–H groups in total. The maximum absolute atomic E-state index is 13.4. The summed E-state index contributed by atoms with van der Waals surface area (Å²) in [6.07, 6.45) is 6.57. The molecular formula is C18H23BrN2O2. The van der Waals surface area contributed by atoms with Gasteiger partial charge in [-0.25, -0.2) is 0 Å². The minimum atomic E-state index is -0.717. The molecule has 1 aliphatic heterocycles. The highest BCUT2D eigenvalue weighted by atomic mass is 79.9. The van der Waals surface area contributed by atoms with Crippen LogP contribution < -0.4 is 10.2 Å². The second-order valence-electron chi connectivity index (χ2n) is 6.66. The Balaban J connectivity index is 1.94. The number of nitrogens with zero attached hydrogens (tertiary/aromatic N) is 1. The molecule has 0 aromatic heterocycles. The van der Waals surface area contributed by atoms with Gasteiger partial charge in [0.15, 0.2) is 0 Å². The second-order valence-corrected chi connectivity index (χ2v) is 7.57. The number of anilines is 1. The van der Waals surface area contributed by atoms with Crippen molar-refractivity contribution in [3.05, 3.63) is 28.2 Å². The van der Waals surface area contributed by atoms with Gasteiger partial charge in [-0.1, -0.05) is 35.2 Å². The van der Waals surface area contributed by atoms with E-state index in [1.54, 1.807) is 0 Å². The van der Waals surface area contributed by atoms with Crippen molar-refractivity contribution in [3.63, 3.8) is 0 Å². The number of carbonyl (C=O) groups is 2. The van der Waals surface area contributed by atoms with E-state index in [2.05, 4.69) is 27.3 Å². The maximum Gasteiger partial charge on any atom is 0.252 e. The van der Waals surface area contributed by atoms with Crippen LogP contribution >= 0.6 is 15.9 Å². The highest BCUT2D eigenvalue weighted by Gasteiger charge is 2.43. The Hall–Kier alpha value is -1.36. The van der Waals surface area contributed by atoms with Gasteiger partial charge in [-0.05, 0) is 49.4 Å². The van der Waals surface area contributed by atoms with Gasteiger partial charge in [0.05, 0.1) is 0 Å². The number of halogens is 1. The summed E-state index contributed by atoms with van der Waals surface area (Å²) in [4.78, 5) is 27.0. The molecule has 124 valence electrons. The second kappa shape index (κ2) is 6.63. The largest absolute Gasteiger partial charge is 0.342 e. The van der Waals surface area contributed by atoms with Crippen molar-refractivity contribution >= 4 is 33.4 Å². The van der Waals surface area contributed by atoms with Gasteiger partial charge in [-0.3, -0.25) is 9.59 Å². The van der Waals surface area contributed by atoms with Gasteiger partial charge in [0.1, 0.15) is 5.54 Å². The van der Waals surface area contributed by atoms with Crippen LogP contribution in [0.2, 0.25) is 0 Å². The summed E-state index contributed by atoms with van der Waals surface area (Å²) >= 11 is 3.51. The quantitative estimate of drug-likeness (QED) is 0.854. The SMILES string of the molecule is CC(=O)NC1(C(=O)N2CCCc3cc(Br)ccc32)CCCCC1. The van der Waals surface area contributed by atoms with Crippen molar-refractivity contribution in [2.75, 3.05) is 11.4 Å². The molecule has 1 aromatic carbocycles. The zero-order valence-electron chi connectivity index (χ0n) is 13.5. The summed E-state index contributed by atoms with van der Waals surface area (Å²) < 4.78 is 1.04. The van der Waals surface area contributed by atoms with Gasteiger partial charge in [0, 0.05) is 23.6 Å². The lowest BCUT2D eigenvalue weighted by molar-refractivity contribution is -0.132. The first-order valence-electron chi connectivity index (χ1n) is 8.41. The molecule has 4 nitrogen and oxygen atoms in total. The Bertz CT molecular complexity index is 623. The van der Waals surface area contributed by atoms with E-state index < -0.39 is 5.54 Å². The maximum atomic E-state index is 13.4. The number of aryl methyl sites for hydroxylation is 1. The molecule has 1 saturated carbocycles. The first-order chi connectivity index (χ1) is 11.0. The predicted molar refractivity (Wildman–Crippen MR) is 94.4 cm³/mol. The molecule has 1 aromatic rings. The zero-order chi connectivity index (χ0) is 16.4. The molecule has 0 radical (unpaired) electrons. The Morgan fingerprint density at radius 1 is 1.17 bits per heavy atom. The number of nitrogens with one attached hydrogen (secondary N) is 1. The van der Waals surface area contributed by atoms with E-state index in [9.17, 15) is 9.59 Å². The van der Waals surface area contributed by atoms with E-state index in [0.29, 0.717) is 0 Å². The topological polar surface area (TPSA) is 49.4 Å². The van der Waals surface area contributed by atoms with Crippen molar-refractivity contribution in [3.8, 4) is 0 Å². The van der Waals surface area contributed by atoms with Crippen LogP contribution in [0.1, 0.15) is 51.0 Å². The van der Waals surface area contributed by atoms with Crippen LogP contribution in [-0.4, -0.2) is 23.9 Å². The third-order valence-electron chi connectivity index (χ3n) is 4.94. The van der Waals surface area contributed by atoms with Gasteiger partial charge >= 0.3 is 0 Å². The highest BCUT2D eigenvalue weighted by Crippen LogP contribution is 2.35. The Kier molecular flexibility index (Phi) is 4.76. The monoisotopic (exact) mass is 378 g/mol. The van der Waals surface area contributed by atoms with Crippen molar-refractivity contribution < 1.29 is 9.59 Å². The molecule has 0 unspecified atom stereocenters. The van der Waals surface area contributed by atoms with Crippen LogP contribution in [0.4, 0.5) is 5.69 Å². The van der Waals surface area contributed by atoms with Crippen LogP contribution in [-0.2, 0) is 16.0 Å². The minimum Gasteiger partial charge on any atom is -0.342 e. The van der Waals surface area contributed by atoms with Crippen LogP contribution in [0.5, 0.6) is 0 Å². The van der Waals surface area contributed by atoms with E-state index in [1.807, 2.05) is 17.0 Å². The molecule has 2 aliphatic rings. The van der Waals surface area contributed by atoms with Crippen molar-refractivity contribution in [2.24, 2.45) is 0 Å². The molecule has 1 heterocycles. The molecule has 0 atom stereocenters. The van der Waals surface area contributed by atoms with E-state index in [-0.39, 0.29) is 11.8 Å². The molecular weight excluding hydrogens is 356 g/mol. The fraction of sp³-hybridized carbons (Fsp3) is 0.556. The predicted octanol–water partition coefficient (Wildman–Crippen LogP) is 3.57. The number of fused-ring (bicyclic) bond motifs is 1. The lowest BCUT2D eigenvalue weighted by atomic mass is 9.80. The van der Waals surface area contributed by atoms with Gasteiger partial charge in [-0.15, -0.1) is 0 Å². The van der Waals surface area contributed by atoms with E-state index >= 15 is 0 Å². The smallest absolute Gasteiger partial charge is 0.252 e. The third-order valence-corrected chi connectivity index (χ3v) is 5.43. The van der Waals surface area contributed by atoms with Gasteiger partial charge < -0.3 is 10.2 Å². The van der Waals surface area contributed by atoms with Crippen LogP contribution in [0.3, 0.4) is 0 Å². The first-order valence-corrected chi connectivity index (χ1v) is 9.20. The number of benzene rings is 1. The summed E-state index contributed by atoms with van der Waals surface area (Å²) in [6, 6.07) is 6.10. The van der Waals surface area contributed by atoms with E-state index in [4.69, 9.17) is 0 Å². The van der Waals surface area contributed by atoms with E-state index in [0.717, 1.165) is 61.7 Å². The Labute approximate surface area is 145 Å². The third kappa shape index (κ3) is 3.30. The molecule has 0 spiro atoms. The molecule has 2 amide bonds. The summed E-state index contributed by atoms with van der Waals surface area (Å²) in [5.74, 6) is -0.0519. The summed E-state index contributed by atoms with van der Waals surface area (Å²) in [7, 11) is 0. The van der Waals surface area contributed by atoms with Crippen molar-refractivity contribution in [1.82, 2.24) is 5.32 Å². The number of rotatable bonds is 2. The number of hydrogen-bond acceptors (Lipinski definition) is 2. The van der Waals surface area contributed by atoms with Gasteiger partial charge in [-0.2, -0.15) is 0 Å². The molecule has 23 heavy (non-hydrogen) atoms. The fourth-order valence-corrected chi connectivity index (χ4v) is 4.33. The first kappa shape index (κ1) is 16.5. The van der Waals surface area contributed by atoms with Crippen molar-refractivity contribution in [1.29, 1.82) is 0 Å². The van der Waals surface area contributed by atoms with Crippen LogP contribution in [0, 0.1) is 0 Å². The summed E-state index contributed by atoms with van der Waals surface area (Å²) in [6.45, 7) is 2.24. The van der Waals surface area contributed by atoms with Gasteiger partial charge in [0.25, 0.3) is 5.91 Å². The molecule has 1 fully saturated rings. The Morgan fingerprint density at radius 3 is 2.61 bits per heavy atom. The lowest BCUT2D eigenvalue weighted by Gasteiger charge is -2.41. The highest BCUT2D eigenvalue weighted by molar-refractivity contribution is 9.10. The average Bonchev–Trinajstić information content (AvgIpc) is 2.53. The van der Waals surface area contributed by atoms with Crippen LogP contribution in [0.25, 0.3) is 0 Å². The van der Waals surface area contributed by atoms with Crippen molar-refractivity contribution in [2.45, 2.75) is 57.4 Å². The van der Waals surface area contributed by atoms with Crippen LogP contribution in [0.15, 0.2) is 22.7 Å². The average molecular weight is 379 g/mol. The number of hydrogen-bond donors (Lipinski definition) is 1. The number of amides is 2. The zero-order valence-corrected chi connectivity index (χ0v) is 15.1. The lowest BCUT2D eigenvalue weighted by Crippen LogP contribution is -2.61. The molecule has 5 heteroatoms. The molecule has 3 rings (SSSR count). The Morgan fingerprint density at radius 2 is 1.91 bits per heavy atom. The van der Waals surface area contributed by atoms with E-state index in [1.165, 1.54) is 12.5 Å².